The monoisotopic (exact) mass is 218 g/mol. The van der Waals surface area contributed by atoms with E-state index in [0.717, 1.165) is 26.2 Å². The van der Waals surface area contributed by atoms with Crippen LogP contribution in [0.4, 0.5) is 0 Å². The molecule has 0 radical (unpaired) electrons. The topological polar surface area (TPSA) is 57.0 Å². The maximum atomic E-state index is 5.65. The molecule has 2 N–H and O–H groups in total. The molecule has 0 unspecified atom stereocenters. The van der Waals surface area contributed by atoms with Crippen LogP contribution in [0.3, 0.4) is 0 Å². The predicted octanol–water partition coefficient (Wildman–Crippen LogP) is -0.691. The summed E-state index contributed by atoms with van der Waals surface area (Å²) >= 11 is 0. The van der Waals surface area contributed by atoms with Gasteiger partial charge in [0.15, 0.2) is 0 Å². The Morgan fingerprint density at radius 2 is 1.67 bits per heavy atom. The Balaban J connectivity index is 1.70. The third-order valence-electron chi connectivity index (χ3n) is 2.34. The van der Waals surface area contributed by atoms with Crippen LogP contribution in [0.5, 0.6) is 0 Å². The highest BCUT2D eigenvalue weighted by atomic mass is 16.5. The first-order valence-electron chi connectivity index (χ1n) is 5.45. The van der Waals surface area contributed by atoms with Gasteiger partial charge in [0.25, 0.3) is 0 Å². The number of nitrogens with two attached hydrogens (primary N) is 1. The molecule has 0 atom stereocenters. The van der Waals surface area contributed by atoms with Gasteiger partial charge in [-0.05, 0) is 0 Å². The first-order chi connectivity index (χ1) is 7.33. The van der Waals surface area contributed by atoms with Crippen LogP contribution in [-0.4, -0.2) is 70.7 Å². The number of hydrogen-bond acceptors (Lipinski definition) is 5. The lowest BCUT2D eigenvalue weighted by atomic mass is 10.1. The molecule has 5 nitrogen and oxygen atoms in total. The van der Waals surface area contributed by atoms with E-state index in [4.69, 9.17) is 19.9 Å². The molecular formula is C10H22N2O3. The lowest BCUT2D eigenvalue weighted by molar-refractivity contribution is 0.0133. The summed E-state index contributed by atoms with van der Waals surface area (Å²) in [5.74, 6) is 0. The quantitative estimate of drug-likeness (QED) is 0.519. The highest BCUT2D eigenvalue weighted by Gasteiger charge is 2.21. The average molecular weight is 218 g/mol. The fourth-order valence-corrected chi connectivity index (χ4v) is 1.45. The van der Waals surface area contributed by atoms with Crippen LogP contribution in [0.2, 0.25) is 0 Å². The van der Waals surface area contributed by atoms with Crippen molar-refractivity contribution in [3.05, 3.63) is 0 Å². The molecule has 0 aliphatic carbocycles. The summed E-state index contributed by atoms with van der Waals surface area (Å²) < 4.78 is 15.5. The van der Waals surface area contributed by atoms with Gasteiger partial charge in [0.05, 0.1) is 33.0 Å². The maximum Gasteiger partial charge on any atom is 0.0701 e. The van der Waals surface area contributed by atoms with Gasteiger partial charge in [-0.15, -0.1) is 0 Å². The number of hydrogen-bond donors (Lipinski definition) is 1. The SMILES string of the molecule is COCCOCCOCCN1CC(N)C1. The van der Waals surface area contributed by atoms with Gasteiger partial charge in [-0.2, -0.15) is 0 Å². The normalized spacial score (nSPS) is 18.0. The largest absolute Gasteiger partial charge is 0.382 e. The van der Waals surface area contributed by atoms with Crippen molar-refractivity contribution in [2.75, 3.05) is 59.8 Å². The van der Waals surface area contributed by atoms with Crippen molar-refractivity contribution in [1.82, 2.24) is 4.90 Å². The zero-order chi connectivity index (χ0) is 10.9. The van der Waals surface area contributed by atoms with E-state index in [0.29, 0.717) is 32.5 Å². The van der Waals surface area contributed by atoms with Crippen LogP contribution in [0.1, 0.15) is 0 Å². The third-order valence-corrected chi connectivity index (χ3v) is 2.34. The molecule has 5 heteroatoms. The smallest absolute Gasteiger partial charge is 0.0701 e. The van der Waals surface area contributed by atoms with E-state index in [1.807, 2.05) is 0 Å². The van der Waals surface area contributed by atoms with E-state index < -0.39 is 0 Å². The highest BCUT2D eigenvalue weighted by Crippen LogP contribution is 2.03. The Bertz CT molecular complexity index is 152. The van der Waals surface area contributed by atoms with E-state index in [1.54, 1.807) is 7.11 Å². The molecule has 1 aliphatic heterocycles. The second-order valence-corrected chi connectivity index (χ2v) is 3.74. The Morgan fingerprint density at radius 1 is 1.07 bits per heavy atom. The van der Waals surface area contributed by atoms with Crippen molar-refractivity contribution >= 4 is 0 Å². The number of rotatable bonds is 9. The third kappa shape index (κ3) is 6.06. The molecule has 0 amide bonds. The zero-order valence-corrected chi connectivity index (χ0v) is 9.48. The molecule has 1 fully saturated rings. The van der Waals surface area contributed by atoms with Gasteiger partial charge >= 0.3 is 0 Å². The van der Waals surface area contributed by atoms with Gasteiger partial charge in [-0.25, -0.2) is 0 Å². The predicted molar refractivity (Wildman–Crippen MR) is 57.9 cm³/mol. The lowest BCUT2D eigenvalue weighted by Crippen LogP contribution is -2.56. The van der Waals surface area contributed by atoms with E-state index in [9.17, 15) is 0 Å². The van der Waals surface area contributed by atoms with E-state index in [-0.39, 0.29) is 0 Å². The second-order valence-electron chi connectivity index (χ2n) is 3.74. The molecule has 0 aromatic heterocycles. The zero-order valence-electron chi connectivity index (χ0n) is 9.48. The summed E-state index contributed by atoms with van der Waals surface area (Å²) in [5.41, 5.74) is 5.65. The maximum absolute atomic E-state index is 5.65. The number of ether oxygens (including phenoxy) is 3. The van der Waals surface area contributed by atoms with Gasteiger partial charge in [-0.1, -0.05) is 0 Å². The first kappa shape index (κ1) is 12.9. The van der Waals surface area contributed by atoms with Crippen LogP contribution in [0, 0.1) is 0 Å². The van der Waals surface area contributed by atoms with Gasteiger partial charge < -0.3 is 19.9 Å². The number of nitrogens with zero attached hydrogens (tertiary/aromatic N) is 1. The molecule has 90 valence electrons. The van der Waals surface area contributed by atoms with Crippen molar-refractivity contribution in [3.8, 4) is 0 Å². The van der Waals surface area contributed by atoms with E-state index in [2.05, 4.69) is 4.90 Å². The minimum absolute atomic E-state index is 0.377. The molecule has 1 saturated heterocycles. The first-order valence-corrected chi connectivity index (χ1v) is 5.45. The molecule has 0 aromatic rings. The van der Waals surface area contributed by atoms with Crippen molar-refractivity contribution in [3.63, 3.8) is 0 Å². The average Bonchev–Trinajstić information content (AvgIpc) is 2.19. The van der Waals surface area contributed by atoms with Crippen molar-refractivity contribution < 1.29 is 14.2 Å². The molecular weight excluding hydrogens is 196 g/mol. The molecule has 1 heterocycles. The Morgan fingerprint density at radius 3 is 2.27 bits per heavy atom. The minimum Gasteiger partial charge on any atom is -0.382 e. The molecule has 1 rings (SSSR count). The summed E-state index contributed by atoms with van der Waals surface area (Å²) in [7, 11) is 1.66. The van der Waals surface area contributed by atoms with Gasteiger partial charge in [0, 0.05) is 32.8 Å². The lowest BCUT2D eigenvalue weighted by Gasteiger charge is -2.36. The standard InChI is InChI=1S/C10H22N2O3/c1-13-4-5-15-7-6-14-3-2-12-8-10(11)9-12/h10H,2-9,11H2,1H3. The van der Waals surface area contributed by atoms with Crippen LogP contribution >= 0.6 is 0 Å². The second kappa shape index (κ2) is 8.01. The number of methoxy groups -OCH3 is 1. The molecule has 0 aromatic carbocycles. The molecule has 1 aliphatic rings. The van der Waals surface area contributed by atoms with E-state index >= 15 is 0 Å². The minimum atomic E-state index is 0.377. The van der Waals surface area contributed by atoms with Gasteiger partial charge in [0.1, 0.15) is 0 Å². The van der Waals surface area contributed by atoms with Crippen molar-refractivity contribution in [2.45, 2.75) is 6.04 Å². The van der Waals surface area contributed by atoms with Crippen LogP contribution in [-0.2, 0) is 14.2 Å². The summed E-state index contributed by atoms with van der Waals surface area (Å²) in [6, 6.07) is 0.377. The van der Waals surface area contributed by atoms with Crippen molar-refractivity contribution in [1.29, 1.82) is 0 Å². The van der Waals surface area contributed by atoms with Gasteiger partial charge in [-0.3, -0.25) is 4.90 Å². The Hall–Kier alpha value is -0.200. The highest BCUT2D eigenvalue weighted by molar-refractivity contribution is 4.81. The van der Waals surface area contributed by atoms with E-state index in [1.165, 1.54) is 0 Å². The van der Waals surface area contributed by atoms with Crippen molar-refractivity contribution in [2.24, 2.45) is 5.73 Å². The summed E-state index contributed by atoms with van der Waals surface area (Å²) in [4.78, 5) is 2.29. The molecule has 0 spiro atoms. The summed E-state index contributed by atoms with van der Waals surface area (Å²) in [6.07, 6.45) is 0. The summed E-state index contributed by atoms with van der Waals surface area (Å²) in [5, 5.41) is 0. The summed E-state index contributed by atoms with van der Waals surface area (Å²) in [6.45, 7) is 6.34. The number of likely N-dealkylation sites (tertiary alicyclic amines) is 1. The molecule has 15 heavy (non-hydrogen) atoms. The molecule has 0 bridgehead atoms. The van der Waals surface area contributed by atoms with Gasteiger partial charge in [0.2, 0.25) is 0 Å². The van der Waals surface area contributed by atoms with Crippen LogP contribution in [0.25, 0.3) is 0 Å². The van der Waals surface area contributed by atoms with Crippen LogP contribution < -0.4 is 5.73 Å². The Kier molecular flexibility index (Phi) is 6.87. The fraction of sp³-hybridized carbons (Fsp3) is 1.00. The Labute approximate surface area is 91.5 Å². The molecule has 0 saturated carbocycles. The fourth-order valence-electron chi connectivity index (χ4n) is 1.45. The van der Waals surface area contributed by atoms with Crippen LogP contribution in [0.15, 0.2) is 0 Å².